The minimum atomic E-state index is -0.237. The van der Waals surface area contributed by atoms with E-state index in [1.807, 2.05) is 6.07 Å². The second-order valence-electron chi connectivity index (χ2n) is 7.21. The van der Waals surface area contributed by atoms with Crippen LogP contribution in [0.15, 0.2) is 40.8 Å². The Morgan fingerprint density at radius 3 is 2.86 bits per heavy atom. The van der Waals surface area contributed by atoms with Crippen molar-refractivity contribution in [1.29, 1.82) is 0 Å². The minimum absolute atomic E-state index is 0.0152. The van der Waals surface area contributed by atoms with Crippen LogP contribution in [0.2, 0.25) is 5.02 Å². The van der Waals surface area contributed by atoms with Crippen LogP contribution in [0.3, 0.4) is 0 Å². The normalized spacial score (nSPS) is 15.6. The molecule has 2 aromatic heterocycles. The SMILES string of the molecule is CN(C)C(=O)CC1CN(C(=O)Cn2cnc3sccc3c2=O)c2ccc(Cl)cc21. The van der Waals surface area contributed by atoms with Gasteiger partial charge in [0.1, 0.15) is 11.4 Å². The molecule has 2 amide bonds. The van der Waals surface area contributed by atoms with Crippen LogP contribution in [0.25, 0.3) is 10.2 Å². The summed E-state index contributed by atoms with van der Waals surface area (Å²) in [5.41, 5.74) is 1.37. The van der Waals surface area contributed by atoms with Gasteiger partial charge in [0.05, 0.1) is 11.7 Å². The molecule has 1 aliphatic heterocycles. The summed E-state index contributed by atoms with van der Waals surface area (Å²) >= 11 is 7.55. The van der Waals surface area contributed by atoms with Crippen molar-refractivity contribution < 1.29 is 9.59 Å². The molecule has 1 atom stereocenters. The van der Waals surface area contributed by atoms with Crippen molar-refractivity contribution >= 4 is 50.7 Å². The summed E-state index contributed by atoms with van der Waals surface area (Å²) in [6, 6.07) is 7.04. The summed E-state index contributed by atoms with van der Waals surface area (Å²) in [5.74, 6) is -0.387. The zero-order valence-corrected chi connectivity index (χ0v) is 17.5. The molecule has 0 N–H and O–H groups in total. The molecule has 3 aromatic rings. The van der Waals surface area contributed by atoms with Gasteiger partial charge in [-0.25, -0.2) is 4.98 Å². The van der Waals surface area contributed by atoms with Gasteiger partial charge in [-0.2, -0.15) is 0 Å². The van der Waals surface area contributed by atoms with Crippen molar-refractivity contribution in [2.24, 2.45) is 0 Å². The van der Waals surface area contributed by atoms with Gasteiger partial charge in [0.2, 0.25) is 11.8 Å². The van der Waals surface area contributed by atoms with Crippen molar-refractivity contribution in [3.05, 3.63) is 56.9 Å². The topological polar surface area (TPSA) is 75.5 Å². The highest BCUT2D eigenvalue weighted by Gasteiger charge is 2.34. The Balaban J connectivity index is 1.62. The minimum Gasteiger partial charge on any atom is -0.349 e. The third-order valence-electron chi connectivity index (χ3n) is 5.10. The van der Waals surface area contributed by atoms with Crippen LogP contribution in [-0.4, -0.2) is 46.9 Å². The first-order valence-electron chi connectivity index (χ1n) is 9.07. The third-order valence-corrected chi connectivity index (χ3v) is 6.16. The Morgan fingerprint density at radius 2 is 2.10 bits per heavy atom. The van der Waals surface area contributed by atoms with Crippen molar-refractivity contribution in [1.82, 2.24) is 14.5 Å². The van der Waals surface area contributed by atoms with Gasteiger partial charge in [0, 0.05) is 43.7 Å². The fraction of sp³-hybridized carbons (Fsp3) is 0.300. The van der Waals surface area contributed by atoms with E-state index in [9.17, 15) is 14.4 Å². The van der Waals surface area contributed by atoms with Gasteiger partial charge in [-0.15, -0.1) is 11.3 Å². The maximum Gasteiger partial charge on any atom is 0.262 e. The lowest BCUT2D eigenvalue weighted by Gasteiger charge is -2.19. The van der Waals surface area contributed by atoms with Crippen LogP contribution in [0, 0.1) is 0 Å². The molecule has 1 aliphatic rings. The van der Waals surface area contributed by atoms with E-state index in [1.165, 1.54) is 27.1 Å². The largest absolute Gasteiger partial charge is 0.349 e. The molecule has 7 nitrogen and oxygen atoms in total. The van der Waals surface area contributed by atoms with Crippen LogP contribution < -0.4 is 10.5 Å². The van der Waals surface area contributed by atoms with Crippen LogP contribution in [-0.2, 0) is 16.1 Å². The average Bonchev–Trinajstić information content (AvgIpc) is 3.29. The van der Waals surface area contributed by atoms with Gasteiger partial charge in [-0.05, 0) is 35.2 Å². The molecule has 0 spiro atoms. The lowest BCUT2D eigenvalue weighted by molar-refractivity contribution is -0.129. The summed E-state index contributed by atoms with van der Waals surface area (Å²) in [4.78, 5) is 46.0. The highest BCUT2D eigenvalue weighted by molar-refractivity contribution is 7.16. The number of carbonyl (C=O) groups excluding carboxylic acids is 2. The number of carbonyl (C=O) groups is 2. The number of benzene rings is 1. The summed E-state index contributed by atoms with van der Waals surface area (Å²) in [7, 11) is 3.41. The molecular weight excluding hydrogens is 412 g/mol. The van der Waals surface area contributed by atoms with E-state index in [0.717, 1.165) is 11.3 Å². The molecule has 9 heteroatoms. The van der Waals surface area contributed by atoms with Crippen molar-refractivity contribution in [2.45, 2.75) is 18.9 Å². The van der Waals surface area contributed by atoms with Gasteiger partial charge in [-0.1, -0.05) is 11.6 Å². The number of hydrogen-bond acceptors (Lipinski definition) is 5. The number of hydrogen-bond donors (Lipinski definition) is 0. The van der Waals surface area contributed by atoms with Crippen molar-refractivity contribution in [3.63, 3.8) is 0 Å². The summed E-state index contributed by atoms with van der Waals surface area (Å²) < 4.78 is 1.32. The Morgan fingerprint density at radius 1 is 1.31 bits per heavy atom. The number of rotatable bonds is 4. The van der Waals surface area contributed by atoms with Crippen molar-refractivity contribution in [3.8, 4) is 0 Å². The van der Waals surface area contributed by atoms with E-state index in [-0.39, 0.29) is 36.3 Å². The first-order valence-corrected chi connectivity index (χ1v) is 10.3. The average molecular weight is 431 g/mol. The molecule has 0 aliphatic carbocycles. The quantitative estimate of drug-likeness (QED) is 0.637. The van der Waals surface area contributed by atoms with E-state index >= 15 is 0 Å². The Bertz CT molecular complexity index is 1170. The monoisotopic (exact) mass is 430 g/mol. The summed E-state index contributed by atoms with van der Waals surface area (Å²) in [6.07, 6.45) is 1.69. The smallest absolute Gasteiger partial charge is 0.262 e. The molecule has 1 aromatic carbocycles. The van der Waals surface area contributed by atoms with E-state index in [4.69, 9.17) is 11.6 Å². The van der Waals surface area contributed by atoms with Crippen molar-refractivity contribution in [2.75, 3.05) is 25.5 Å². The fourth-order valence-corrected chi connectivity index (χ4v) is 4.46. The molecule has 0 saturated carbocycles. The molecule has 29 heavy (non-hydrogen) atoms. The zero-order chi connectivity index (χ0) is 20.7. The summed E-state index contributed by atoms with van der Waals surface area (Å²) in [6.45, 7) is 0.255. The Labute approximate surface area is 176 Å². The fourth-order valence-electron chi connectivity index (χ4n) is 3.56. The van der Waals surface area contributed by atoms with E-state index < -0.39 is 0 Å². The predicted octanol–water partition coefficient (Wildman–Crippen LogP) is 2.72. The van der Waals surface area contributed by atoms with Gasteiger partial charge < -0.3 is 9.80 Å². The number of anilines is 1. The molecule has 150 valence electrons. The second-order valence-corrected chi connectivity index (χ2v) is 8.54. The molecule has 1 unspecified atom stereocenters. The van der Waals surface area contributed by atoms with Gasteiger partial charge in [-0.3, -0.25) is 19.0 Å². The predicted molar refractivity (Wildman–Crippen MR) is 114 cm³/mol. The first-order chi connectivity index (χ1) is 13.8. The maximum absolute atomic E-state index is 13.1. The van der Waals surface area contributed by atoms with Crippen LogP contribution >= 0.6 is 22.9 Å². The van der Waals surface area contributed by atoms with E-state index in [0.29, 0.717) is 21.8 Å². The van der Waals surface area contributed by atoms with E-state index in [1.54, 1.807) is 42.6 Å². The molecular formula is C20H19ClN4O3S. The van der Waals surface area contributed by atoms with Crippen LogP contribution in [0.1, 0.15) is 17.9 Å². The standard InChI is InChI=1S/C20H19ClN4O3S/c1-23(2)17(26)7-12-9-25(16-4-3-13(21)8-15(12)16)18(27)10-24-11-22-19-14(20(24)28)5-6-29-19/h3-6,8,11-12H,7,9-10H2,1-2H3. The molecule has 0 fully saturated rings. The van der Waals surface area contributed by atoms with E-state index in [2.05, 4.69) is 4.98 Å². The van der Waals surface area contributed by atoms with Crippen LogP contribution in [0.5, 0.6) is 0 Å². The van der Waals surface area contributed by atoms with Gasteiger partial charge in [0.15, 0.2) is 0 Å². The highest BCUT2D eigenvalue weighted by atomic mass is 35.5. The number of nitrogens with zero attached hydrogens (tertiary/aromatic N) is 4. The number of amides is 2. The highest BCUT2D eigenvalue weighted by Crippen LogP contribution is 2.40. The second kappa shape index (κ2) is 7.61. The molecule has 4 rings (SSSR count). The Kier molecular flexibility index (Phi) is 5.14. The lowest BCUT2D eigenvalue weighted by atomic mass is 9.97. The molecule has 3 heterocycles. The number of fused-ring (bicyclic) bond motifs is 2. The van der Waals surface area contributed by atoms with Crippen LogP contribution in [0.4, 0.5) is 5.69 Å². The number of halogens is 1. The Hall–Kier alpha value is -2.71. The molecule has 0 radical (unpaired) electrons. The first kappa shape index (κ1) is 19.6. The number of aromatic nitrogens is 2. The molecule has 0 saturated heterocycles. The van der Waals surface area contributed by atoms with Gasteiger partial charge >= 0.3 is 0 Å². The maximum atomic E-state index is 13.1. The molecule has 0 bridgehead atoms. The zero-order valence-electron chi connectivity index (χ0n) is 16.0. The number of thiophene rings is 1. The third kappa shape index (κ3) is 3.65. The van der Waals surface area contributed by atoms with Gasteiger partial charge in [0.25, 0.3) is 5.56 Å². The summed E-state index contributed by atoms with van der Waals surface area (Å²) in [5, 5.41) is 2.87. The lowest BCUT2D eigenvalue weighted by Crippen LogP contribution is -2.36.